The number of aliphatic hydroxyl groups excluding tert-OH is 1. The van der Waals surface area contributed by atoms with Gasteiger partial charge in [-0.15, -0.1) is 0 Å². The van der Waals surface area contributed by atoms with Gasteiger partial charge in [0.1, 0.15) is 5.75 Å². The highest BCUT2D eigenvalue weighted by atomic mass is 16.6. The molecule has 0 spiro atoms. The molecular weight excluding hydrogens is 344 g/mol. The minimum Gasteiger partial charge on any atom is -0.495 e. The van der Waals surface area contributed by atoms with E-state index in [1.165, 1.54) is 0 Å². The van der Waals surface area contributed by atoms with Crippen molar-refractivity contribution in [2.75, 3.05) is 26.8 Å². The highest BCUT2D eigenvalue weighted by molar-refractivity contribution is 6.02. The highest BCUT2D eigenvalue weighted by Gasteiger charge is 2.29. The van der Waals surface area contributed by atoms with Gasteiger partial charge in [-0.05, 0) is 49.1 Å². The van der Waals surface area contributed by atoms with Gasteiger partial charge < -0.3 is 24.1 Å². The van der Waals surface area contributed by atoms with Gasteiger partial charge in [0.05, 0.1) is 38.0 Å². The van der Waals surface area contributed by atoms with Crippen molar-refractivity contribution in [3.63, 3.8) is 0 Å². The van der Waals surface area contributed by atoms with Gasteiger partial charge in [0, 0.05) is 12.7 Å². The van der Waals surface area contributed by atoms with Crippen LogP contribution in [-0.4, -0.2) is 58.3 Å². The van der Waals surface area contributed by atoms with E-state index in [9.17, 15) is 5.11 Å². The molecular formula is C20H24N4O3. The van der Waals surface area contributed by atoms with E-state index >= 15 is 0 Å². The Bertz CT molecular complexity index is 887. The summed E-state index contributed by atoms with van der Waals surface area (Å²) in [7, 11) is 1.68. The van der Waals surface area contributed by atoms with Crippen molar-refractivity contribution in [2.24, 2.45) is 5.16 Å². The topological polar surface area (TPSA) is 72.1 Å². The van der Waals surface area contributed by atoms with Crippen molar-refractivity contribution >= 4 is 11.9 Å². The molecule has 0 bridgehead atoms. The average molecular weight is 368 g/mol. The Morgan fingerprint density at radius 3 is 3.04 bits per heavy atom. The quantitative estimate of drug-likeness (QED) is 0.897. The molecule has 1 unspecified atom stereocenters. The predicted molar refractivity (Wildman–Crippen MR) is 103 cm³/mol. The number of hydrogen-bond acceptors (Lipinski definition) is 6. The lowest BCUT2D eigenvalue weighted by Crippen LogP contribution is -2.46. The fourth-order valence-electron chi connectivity index (χ4n) is 3.56. The first-order valence-corrected chi connectivity index (χ1v) is 9.17. The van der Waals surface area contributed by atoms with Gasteiger partial charge in [0.2, 0.25) is 0 Å². The van der Waals surface area contributed by atoms with E-state index in [-0.39, 0.29) is 12.7 Å². The van der Waals surface area contributed by atoms with Crippen LogP contribution in [0.4, 0.5) is 0 Å². The summed E-state index contributed by atoms with van der Waals surface area (Å²) < 4.78 is 7.56. The van der Waals surface area contributed by atoms with Crippen LogP contribution in [0.5, 0.6) is 5.75 Å². The Morgan fingerprint density at radius 2 is 2.30 bits per heavy atom. The summed E-state index contributed by atoms with van der Waals surface area (Å²) in [4.78, 5) is 11.9. The number of hydrogen-bond donors (Lipinski definition) is 1. The van der Waals surface area contributed by atoms with E-state index in [0.717, 1.165) is 53.5 Å². The number of oxime groups is 1. The minimum atomic E-state index is -0.244. The predicted octanol–water partition coefficient (Wildman–Crippen LogP) is 2.37. The smallest absolute Gasteiger partial charge is 0.171 e. The molecule has 0 saturated carbocycles. The summed E-state index contributed by atoms with van der Waals surface area (Å²) >= 11 is 0. The van der Waals surface area contributed by atoms with Gasteiger partial charge in [0.15, 0.2) is 11.9 Å². The monoisotopic (exact) mass is 368 g/mol. The van der Waals surface area contributed by atoms with Crippen molar-refractivity contribution in [3.8, 4) is 11.4 Å². The zero-order valence-corrected chi connectivity index (χ0v) is 15.6. The number of benzene rings is 1. The number of ether oxygens (including phenoxy) is 1. The summed E-state index contributed by atoms with van der Waals surface area (Å²) in [5, 5.41) is 13.6. The van der Waals surface area contributed by atoms with Gasteiger partial charge in [0.25, 0.3) is 0 Å². The van der Waals surface area contributed by atoms with E-state index in [2.05, 4.69) is 27.2 Å². The third kappa shape index (κ3) is 3.55. The maximum atomic E-state index is 9.31. The van der Waals surface area contributed by atoms with Gasteiger partial charge >= 0.3 is 0 Å². The maximum Gasteiger partial charge on any atom is 0.171 e. The van der Waals surface area contributed by atoms with Gasteiger partial charge in [-0.3, -0.25) is 0 Å². The van der Waals surface area contributed by atoms with Crippen LogP contribution in [0.1, 0.15) is 24.1 Å². The van der Waals surface area contributed by atoms with Gasteiger partial charge in [-0.2, -0.15) is 0 Å². The molecule has 2 aromatic rings. The molecule has 27 heavy (non-hydrogen) atoms. The number of nitrogens with zero attached hydrogens (tertiary/aromatic N) is 4. The van der Waals surface area contributed by atoms with Crippen LogP contribution in [0, 0.1) is 6.92 Å². The average Bonchev–Trinajstić information content (AvgIpc) is 3.13. The summed E-state index contributed by atoms with van der Waals surface area (Å²) in [6.07, 6.45) is 7.67. The number of rotatable bonds is 4. The van der Waals surface area contributed by atoms with Crippen LogP contribution in [0.25, 0.3) is 11.8 Å². The second-order valence-electron chi connectivity index (χ2n) is 6.90. The van der Waals surface area contributed by atoms with Crippen LogP contribution >= 0.6 is 0 Å². The third-order valence-corrected chi connectivity index (χ3v) is 4.91. The van der Waals surface area contributed by atoms with Crippen LogP contribution in [0.2, 0.25) is 0 Å². The number of amidine groups is 1. The minimum absolute atomic E-state index is 0.0152. The first-order chi connectivity index (χ1) is 13.2. The van der Waals surface area contributed by atoms with Crippen LogP contribution < -0.4 is 4.74 Å². The van der Waals surface area contributed by atoms with Crippen molar-refractivity contribution < 1.29 is 14.7 Å². The molecule has 2 aliphatic rings. The summed E-state index contributed by atoms with van der Waals surface area (Å²) in [6, 6.07) is 6.13. The van der Waals surface area contributed by atoms with E-state index in [4.69, 9.17) is 9.57 Å². The molecule has 0 amide bonds. The largest absolute Gasteiger partial charge is 0.495 e. The van der Waals surface area contributed by atoms with E-state index in [1.807, 2.05) is 29.8 Å². The number of piperidine rings is 1. The number of imidazole rings is 1. The third-order valence-electron chi connectivity index (χ3n) is 4.91. The lowest BCUT2D eigenvalue weighted by molar-refractivity contribution is -0.0140. The van der Waals surface area contributed by atoms with Crippen molar-refractivity contribution in [2.45, 2.75) is 25.9 Å². The zero-order valence-electron chi connectivity index (χ0n) is 15.6. The lowest BCUT2D eigenvalue weighted by atomic mass is 9.99. The first-order valence-electron chi connectivity index (χ1n) is 9.17. The van der Waals surface area contributed by atoms with Crippen molar-refractivity contribution in [1.29, 1.82) is 0 Å². The normalized spacial score (nSPS) is 20.9. The number of methoxy groups -OCH3 is 1. The molecule has 1 aromatic carbocycles. The molecule has 7 heteroatoms. The van der Waals surface area contributed by atoms with E-state index < -0.39 is 0 Å². The van der Waals surface area contributed by atoms with E-state index in [0.29, 0.717) is 6.54 Å². The van der Waals surface area contributed by atoms with Gasteiger partial charge in [-0.25, -0.2) is 4.98 Å². The SMILES string of the molecule is COc1cc(/C=C2\CCCN3CC(CO)ON=C23)ccc1-n1cnc(C)c1. The Morgan fingerprint density at radius 1 is 1.41 bits per heavy atom. The molecule has 1 aromatic heterocycles. The summed E-state index contributed by atoms with van der Waals surface area (Å²) in [5.41, 5.74) is 4.11. The Labute approximate surface area is 158 Å². The number of fused-ring (bicyclic) bond motifs is 1. The van der Waals surface area contributed by atoms with E-state index in [1.54, 1.807) is 13.4 Å². The first kappa shape index (κ1) is 17.6. The maximum absolute atomic E-state index is 9.31. The molecule has 142 valence electrons. The van der Waals surface area contributed by atoms with Crippen LogP contribution in [0.3, 0.4) is 0 Å². The highest BCUT2D eigenvalue weighted by Crippen LogP contribution is 2.28. The van der Waals surface area contributed by atoms with Gasteiger partial charge in [-0.1, -0.05) is 11.2 Å². The standard InChI is InChI=1S/C20H24N4O3/c1-14-10-24(13-21-14)18-6-5-15(9-19(18)26-2)8-16-4-3-7-23-11-17(12-25)27-22-20(16)23/h5-6,8-10,13,17,25H,3-4,7,11-12H2,1-2H3/b16-8+. The molecule has 3 heterocycles. The zero-order chi connectivity index (χ0) is 18.8. The Kier molecular flexibility index (Phi) is 4.85. The van der Waals surface area contributed by atoms with Crippen molar-refractivity contribution in [1.82, 2.24) is 14.5 Å². The Balaban J connectivity index is 1.64. The summed E-state index contributed by atoms with van der Waals surface area (Å²) in [6.45, 7) is 3.57. The molecule has 0 aliphatic carbocycles. The van der Waals surface area contributed by atoms with Crippen LogP contribution in [-0.2, 0) is 4.84 Å². The molecule has 1 atom stereocenters. The second-order valence-corrected chi connectivity index (χ2v) is 6.90. The second kappa shape index (κ2) is 7.44. The number of aryl methyl sites for hydroxylation is 1. The Hall–Kier alpha value is -2.80. The lowest BCUT2D eigenvalue weighted by Gasteiger charge is -2.36. The summed E-state index contributed by atoms with van der Waals surface area (Å²) in [5.74, 6) is 1.66. The molecule has 0 radical (unpaired) electrons. The number of aliphatic hydroxyl groups is 1. The molecule has 7 nitrogen and oxygen atoms in total. The van der Waals surface area contributed by atoms with Crippen molar-refractivity contribution in [3.05, 3.63) is 47.6 Å². The molecule has 4 rings (SSSR count). The molecule has 2 aliphatic heterocycles. The molecule has 1 fully saturated rings. The molecule has 1 N–H and O–H groups in total. The molecule has 1 saturated heterocycles. The fourth-order valence-corrected chi connectivity index (χ4v) is 3.56. The fraction of sp³-hybridized carbons (Fsp3) is 0.400. The van der Waals surface area contributed by atoms with Crippen LogP contribution in [0.15, 0.2) is 41.5 Å². The number of aromatic nitrogens is 2.